The van der Waals surface area contributed by atoms with Crippen LogP contribution in [0.1, 0.15) is 45.1 Å². The van der Waals surface area contributed by atoms with Crippen molar-refractivity contribution in [1.82, 2.24) is 15.1 Å². The Morgan fingerprint density at radius 2 is 1.85 bits per heavy atom. The number of rotatable bonds is 8. The molecular weight excluding hydrogens is 338 g/mol. The van der Waals surface area contributed by atoms with Gasteiger partial charge in [0.1, 0.15) is 5.75 Å². The molecule has 0 bridgehead atoms. The topological polar surface area (TPSA) is 44.8 Å². The first-order valence-electron chi connectivity index (χ1n) is 10.5. The Labute approximate surface area is 164 Å². The third-order valence-corrected chi connectivity index (χ3v) is 5.70. The third kappa shape index (κ3) is 6.13. The monoisotopic (exact) mass is 373 g/mol. The first kappa shape index (κ1) is 20.0. The third-order valence-electron chi connectivity index (χ3n) is 5.70. The van der Waals surface area contributed by atoms with Crippen molar-refractivity contribution >= 4 is 6.03 Å². The van der Waals surface area contributed by atoms with Crippen LogP contribution in [-0.2, 0) is 6.42 Å². The maximum Gasteiger partial charge on any atom is 0.317 e. The van der Waals surface area contributed by atoms with Crippen LogP contribution in [-0.4, -0.2) is 61.2 Å². The molecule has 1 heterocycles. The number of methoxy groups -OCH3 is 1. The molecule has 0 spiro atoms. The van der Waals surface area contributed by atoms with Crippen LogP contribution in [0, 0.1) is 5.92 Å². The van der Waals surface area contributed by atoms with Gasteiger partial charge in [-0.2, -0.15) is 0 Å². The van der Waals surface area contributed by atoms with E-state index < -0.39 is 0 Å². The van der Waals surface area contributed by atoms with E-state index >= 15 is 0 Å². The summed E-state index contributed by atoms with van der Waals surface area (Å²) in [6.45, 7) is 8.26. The lowest BCUT2D eigenvalue weighted by atomic mass is 10.0. The molecule has 0 radical (unpaired) electrons. The van der Waals surface area contributed by atoms with Crippen molar-refractivity contribution in [2.24, 2.45) is 5.92 Å². The highest BCUT2D eigenvalue weighted by molar-refractivity contribution is 5.74. The molecule has 1 N–H and O–H groups in total. The van der Waals surface area contributed by atoms with E-state index in [2.05, 4.69) is 27.2 Å². The maximum absolute atomic E-state index is 12.7. The van der Waals surface area contributed by atoms with Crippen molar-refractivity contribution < 1.29 is 9.53 Å². The molecule has 5 heteroatoms. The predicted molar refractivity (Wildman–Crippen MR) is 109 cm³/mol. The Balaban J connectivity index is 1.46. The summed E-state index contributed by atoms with van der Waals surface area (Å²) in [5.41, 5.74) is 1.35. The summed E-state index contributed by atoms with van der Waals surface area (Å²) in [7, 11) is 1.70. The number of nitrogens with zero attached hydrogens (tertiary/aromatic N) is 2. The average molecular weight is 374 g/mol. The smallest absolute Gasteiger partial charge is 0.317 e. The second kappa shape index (κ2) is 9.45. The molecule has 0 atom stereocenters. The van der Waals surface area contributed by atoms with E-state index in [1.54, 1.807) is 7.11 Å². The molecule has 3 rings (SSSR count). The number of hydrogen-bond acceptors (Lipinski definition) is 3. The Bertz CT molecular complexity index is 590. The summed E-state index contributed by atoms with van der Waals surface area (Å²) in [5, 5.41) is 3.10. The molecule has 2 amide bonds. The van der Waals surface area contributed by atoms with Crippen LogP contribution >= 0.6 is 0 Å². The molecule has 150 valence electrons. The van der Waals surface area contributed by atoms with Crippen molar-refractivity contribution in [2.45, 2.75) is 58.0 Å². The summed E-state index contributed by atoms with van der Waals surface area (Å²) < 4.78 is 5.23. The molecule has 0 unspecified atom stereocenters. The fourth-order valence-corrected chi connectivity index (χ4v) is 3.84. The van der Waals surface area contributed by atoms with Gasteiger partial charge in [-0.25, -0.2) is 4.79 Å². The van der Waals surface area contributed by atoms with Gasteiger partial charge in [-0.05, 0) is 69.6 Å². The fraction of sp³-hybridized carbons (Fsp3) is 0.682. The lowest BCUT2D eigenvalue weighted by molar-refractivity contribution is 0.117. The van der Waals surface area contributed by atoms with Crippen molar-refractivity contribution in [3.8, 4) is 5.75 Å². The van der Waals surface area contributed by atoms with E-state index in [4.69, 9.17) is 4.74 Å². The molecule has 1 aliphatic heterocycles. The molecule has 1 saturated heterocycles. The molecular formula is C22H35N3O2. The van der Waals surface area contributed by atoms with E-state index in [1.807, 2.05) is 26.0 Å². The number of carbonyl (C=O) groups excluding carboxylic acids is 1. The van der Waals surface area contributed by atoms with Crippen LogP contribution in [0.2, 0.25) is 0 Å². The number of piperidine rings is 1. The molecule has 0 aromatic heterocycles. The van der Waals surface area contributed by atoms with Gasteiger partial charge in [0.15, 0.2) is 0 Å². The number of carbonyl (C=O) groups is 1. The Morgan fingerprint density at radius 1 is 1.19 bits per heavy atom. The summed E-state index contributed by atoms with van der Waals surface area (Å²) in [6.07, 6.45) is 5.80. The lowest BCUT2D eigenvalue weighted by Gasteiger charge is -2.39. The predicted octanol–water partition coefficient (Wildman–Crippen LogP) is 3.53. The lowest BCUT2D eigenvalue weighted by Crippen LogP contribution is -2.52. The first-order chi connectivity index (χ1) is 13.0. The second-order valence-corrected chi connectivity index (χ2v) is 8.37. The Kier molecular flexibility index (Phi) is 7.00. The van der Waals surface area contributed by atoms with Crippen LogP contribution in [0.5, 0.6) is 5.75 Å². The molecule has 27 heavy (non-hydrogen) atoms. The number of nitrogens with one attached hydrogen (secondary N) is 1. The van der Waals surface area contributed by atoms with Gasteiger partial charge in [0, 0.05) is 38.3 Å². The minimum Gasteiger partial charge on any atom is -0.497 e. The maximum atomic E-state index is 12.7. The van der Waals surface area contributed by atoms with Crippen LogP contribution in [0.3, 0.4) is 0 Å². The fourth-order valence-electron chi connectivity index (χ4n) is 3.84. The summed E-state index contributed by atoms with van der Waals surface area (Å²) in [5.74, 6) is 1.64. The van der Waals surface area contributed by atoms with Gasteiger partial charge in [-0.1, -0.05) is 12.1 Å². The molecule has 1 aromatic carbocycles. The Morgan fingerprint density at radius 3 is 2.41 bits per heavy atom. The van der Waals surface area contributed by atoms with Crippen LogP contribution in [0.25, 0.3) is 0 Å². The Hall–Kier alpha value is -1.75. The van der Waals surface area contributed by atoms with E-state index in [9.17, 15) is 4.79 Å². The molecule has 1 saturated carbocycles. The minimum atomic E-state index is 0.133. The van der Waals surface area contributed by atoms with Crippen molar-refractivity contribution in [3.05, 3.63) is 29.8 Å². The van der Waals surface area contributed by atoms with E-state index in [0.29, 0.717) is 6.04 Å². The highest BCUT2D eigenvalue weighted by Crippen LogP contribution is 2.31. The normalized spacial score (nSPS) is 18.5. The van der Waals surface area contributed by atoms with E-state index in [0.717, 1.165) is 57.1 Å². The van der Waals surface area contributed by atoms with Gasteiger partial charge in [0.05, 0.1) is 7.11 Å². The summed E-state index contributed by atoms with van der Waals surface area (Å²) in [4.78, 5) is 17.3. The van der Waals surface area contributed by atoms with Crippen molar-refractivity contribution in [2.75, 3.05) is 33.3 Å². The number of likely N-dealkylation sites (tertiary alicyclic amines) is 1. The SMILES string of the molecule is COc1ccc(CCN2CCC(N(CC3CC3)C(=O)NC(C)C)CC2)cc1. The standard InChI is InChI=1S/C22H35N3O2/c1-17(2)23-22(26)25(16-19-4-5-19)20-11-14-24(15-12-20)13-10-18-6-8-21(27-3)9-7-18/h6-9,17,19-20H,4-5,10-16H2,1-3H3,(H,23,26). The number of urea groups is 1. The van der Waals surface area contributed by atoms with E-state index in [-0.39, 0.29) is 12.1 Å². The second-order valence-electron chi connectivity index (χ2n) is 8.37. The van der Waals surface area contributed by atoms with Gasteiger partial charge < -0.3 is 19.9 Å². The highest BCUT2D eigenvalue weighted by atomic mass is 16.5. The van der Waals surface area contributed by atoms with Gasteiger partial charge in [-0.15, -0.1) is 0 Å². The minimum absolute atomic E-state index is 0.133. The summed E-state index contributed by atoms with van der Waals surface area (Å²) in [6, 6.07) is 9.09. The van der Waals surface area contributed by atoms with Crippen molar-refractivity contribution in [3.63, 3.8) is 0 Å². The molecule has 1 aliphatic carbocycles. The molecule has 2 aliphatic rings. The van der Waals surface area contributed by atoms with E-state index in [1.165, 1.54) is 18.4 Å². The van der Waals surface area contributed by atoms with Gasteiger partial charge in [-0.3, -0.25) is 0 Å². The zero-order chi connectivity index (χ0) is 19.2. The average Bonchev–Trinajstić information content (AvgIpc) is 3.49. The molecule has 1 aromatic rings. The van der Waals surface area contributed by atoms with Gasteiger partial charge in [0.25, 0.3) is 0 Å². The molecule has 2 fully saturated rings. The van der Waals surface area contributed by atoms with Crippen molar-refractivity contribution in [1.29, 1.82) is 0 Å². The molecule has 5 nitrogen and oxygen atoms in total. The number of hydrogen-bond donors (Lipinski definition) is 1. The summed E-state index contributed by atoms with van der Waals surface area (Å²) >= 11 is 0. The van der Waals surface area contributed by atoms with Crippen LogP contribution < -0.4 is 10.1 Å². The number of benzene rings is 1. The quantitative estimate of drug-likeness (QED) is 0.758. The zero-order valence-electron chi connectivity index (χ0n) is 17.1. The zero-order valence-corrected chi connectivity index (χ0v) is 17.1. The largest absolute Gasteiger partial charge is 0.497 e. The van der Waals surface area contributed by atoms with Gasteiger partial charge in [0.2, 0.25) is 0 Å². The first-order valence-corrected chi connectivity index (χ1v) is 10.5. The number of amides is 2. The highest BCUT2D eigenvalue weighted by Gasteiger charge is 2.33. The van der Waals surface area contributed by atoms with Crippen LogP contribution in [0.4, 0.5) is 4.79 Å². The number of ether oxygens (including phenoxy) is 1. The van der Waals surface area contributed by atoms with Crippen LogP contribution in [0.15, 0.2) is 24.3 Å². The van der Waals surface area contributed by atoms with Gasteiger partial charge >= 0.3 is 6.03 Å².